The van der Waals surface area contributed by atoms with Crippen molar-refractivity contribution in [1.82, 2.24) is 4.98 Å². The normalized spacial score (nSPS) is 10.5. The van der Waals surface area contributed by atoms with Crippen LogP contribution in [0.1, 0.15) is 11.3 Å². The number of nitrogens with zero attached hydrogens (tertiary/aromatic N) is 1. The van der Waals surface area contributed by atoms with Crippen molar-refractivity contribution < 1.29 is 0 Å². The van der Waals surface area contributed by atoms with E-state index in [0.717, 1.165) is 17.0 Å². The zero-order valence-corrected chi connectivity index (χ0v) is 10.6. The lowest BCUT2D eigenvalue weighted by Gasteiger charge is -2.06. The summed E-state index contributed by atoms with van der Waals surface area (Å²) < 4.78 is 0. The highest BCUT2D eigenvalue weighted by Gasteiger charge is 2.06. The monoisotopic (exact) mass is 251 g/mol. The summed E-state index contributed by atoms with van der Waals surface area (Å²) >= 11 is 12.1. The van der Waals surface area contributed by atoms with Gasteiger partial charge in [0.25, 0.3) is 0 Å². The number of pyridine rings is 1. The van der Waals surface area contributed by atoms with Gasteiger partial charge in [0, 0.05) is 16.3 Å². The van der Waals surface area contributed by atoms with Crippen LogP contribution >= 0.6 is 23.2 Å². The fraction of sp³-hybridized carbons (Fsp3) is 0.154. The molecule has 3 heteroatoms. The Morgan fingerprint density at radius 3 is 2.44 bits per heavy atom. The van der Waals surface area contributed by atoms with Gasteiger partial charge >= 0.3 is 0 Å². The van der Waals surface area contributed by atoms with Gasteiger partial charge in [0.15, 0.2) is 0 Å². The fourth-order valence-electron chi connectivity index (χ4n) is 1.67. The molecule has 0 radical (unpaired) electrons. The van der Waals surface area contributed by atoms with Gasteiger partial charge in [-0.2, -0.15) is 0 Å². The van der Waals surface area contributed by atoms with Gasteiger partial charge in [-0.25, -0.2) is 0 Å². The minimum Gasteiger partial charge on any atom is -0.253 e. The quantitative estimate of drug-likeness (QED) is 0.718. The van der Waals surface area contributed by atoms with Crippen molar-refractivity contribution in [3.05, 3.63) is 51.6 Å². The zero-order valence-electron chi connectivity index (χ0n) is 9.09. The number of halogens is 2. The van der Waals surface area contributed by atoms with Crippen LogP contribution in [0.4, 0.5) is 0 Å². The van der Waals surface area contributed by atoms with E-state index in [4.69, 9.17) is 23.2 Å². The Hall–Kier alpha value is -1.05. The predicted molar refractivity (Wildman–Crippen MR) is 69.2 cm³/mol. The summed E-state index contributed by atoms with van der Waals surface area (Å²) in [4.78, 5) is 4.46. The molecule has 2 aromatic rings. The Morgan fingerprint density at radius 1 is 1.00 bits per heavy atom. The average molecular weight is 252 g/mol. The Labute approximate surface area is 105 Å². The van der Waals surface area contributed by atoms with Gasteiger partial charge in [-0.1, -0.05) is 23.2 Å². The first-order chi connectivity index (χ1) is 7.56. The number of rotatable bonds is 1. The molecule has 0 spiro atoms. The average Bonchev–Trinajstić information content (AvgIpc) is 2.20. The van der Waals surface area contributed by atoms with Crippen LogP contribution in [0.25, 0.3) is 11.3 Å². The molecule has 0 aliphatic rings. The van der Waals surface area contributed by atoms with Crippen molar-refractivity contribution in [3.8, 4) is 11.3 Å². The van der Waals surface area contributed by atoms with E-state index >= 15 is 0 Å². The van der Waals surface area contributed by atoms with E-state index in [9.17, 15) is 0 Å². The molecule has 0 saturated heterocycles. The van der Waals surface area contributed by atoms with E-state index in [1.807, 2.05) is 32.0 Å². The summed E-state index contributed by atoms with van der Waals surface area (Å²) in [5.41, 5.74) is 3.88. The third-order valence-corrected chi connectivity index (χ3v) is 2.87. The molecule has 0 aliphatic carbocycles. The first-order valence-corrected chi connectivity index (χ1v) is 5.72. The molecule has 1 aromatic heterocycles. The van der Waals surface area contributed by atoms with Crippen LogP contribution in [-0.2, 0) is 0 Å². The molecule has 1 heterocycles. The van der Waals surface area contributed by atoms with Crippen LogP contribution in [0.15, 0.2) is 30.3 Å². The van der Waals surface area contributed by atoms with Gasteiger partial charge in [-0.05, 0) is 49.7 Å². The van der Waals surface area contributed by atoms with E-state index < -0.39 is 0 Å². The SMILES string of the molecule is Cc1cc(C)nc(-c2cc(Cl)ccc2Cl)c1. The summed E-state index contributed by atoms with van der Waals surface area (Å²) in [6.07, 6.45) is 0. The summed E-state index contributed by atoms with van der Waals surface area (Å²) in [6.45, 7) is 4.01. The predicted octanol–water partition coefficient (Wildman–Crippen LogP) is 4.67. The smallest absolute Gasteiger partial charge is 0.0723 e. The van der Waals surface area contributed by atoms with Gasteiger partial charge in [0.05, 0.1) is 10.7 Å². The second kappa shape index (κ2) is 4.44. The molecule has 0 atom stereocenters. The largest absolute Gasteiger partial charge is 0.253 e. The molecular weight excluding hydrogens is 241 g/mol. The molecule has 0 unspecified atom stereocenters. The minimum atomic E-state index is 0.667. The lowest BCUT2D eigenvalue weighted by atomic mass is 10.1. The third kappa shape index (κ3) is 2.37. The highest BCUT2D eigenvalue weighted by atomic mass is 35.5. The summed E-state index contributed by atoms with van der Waals surface area (Å²) in [5.74, 6) is 0. The van der Waals surface area contributed by atoms with Gasteiger partial charge in [-0.15, -0.1) is 0 Å². The van der Waals surface area contributed by atoms with E-state index in [2.05, 4.69) is 4.98 Å². The maximum Gasteiger partial charge on any atom is 0.0723 e. The van der Waals surface area contributed by atoms with Gasteiger partial charge in [0.2, 0.25) is 0 Å². The van der Waals surface area contributed by atoms with Crippen molar-refractivity contribution in [2.24, 2.45) is 0 Å². The molecule has 1 nitrogen and oxygen atoms in total. The molecule has 0 bridgehead atoms. The van der Waals surface area contributed by atoms with Crippen LogP contribution < -0.4 is 0 Å². The van der Waals surface area contributed by atoms with E-state index in [0.29, 0.717) is 10.0 Å². The third-order valence-electron chi connectivity index (χ3n) is 2.30. The van der Waals surface area contributed by atoms with Crippen LogP contribution in [0.3, 0.4) is 0 Å². The molecule has 0 aliphatic heterocycles. The van der Waals surface area contributed by atoms with Crippen molar-refractivity contribution >= 4 is 23.2 Å². The Morgan fingerprint density at radius 2 is 1.75 bits per heavy atom. The standard InChI is InChI=1S/C13H11Cl2N/c1-8-5-9(2)16-13(6-8)11-7-10(14)3-4-12(11)15/h3-7H,1-2H3. The second-order valence-electron chi connectivity index (χ2n) is 3.80. The topological polar surface area (TPSA) is 12.9 Å². The highest BCUT2D eigenvalue weighted by molar-refractivity contribution is 6.35. The minimum absolute atomic E-state index is 0.667. The van der Waals surface area contributed by atoms with Crippen molar-refractivity contribution in [2.75, 3.05) is 0 Å². The summed E-state index contributed by atoms with van der Waals surface area (Å²) in [5, 5.41) is 1.34. The molecule has 1 aromatic carbocycles. The number of benzene rings is 1. The second-order valence-corrected chi connectivity index (χ2v) is 4.64. The van der Waals surface area contributed by atoms with Crippen molar-refractivity contribution in [1.29, 1.82) is 0 Å². The van der Waals surface area contributed by atoms with Crippen molar-refractivity contribution in [3.63, 3.8) is 0 Å². The Kier molecular flexibility index (Phi) is 3.17. The van der Waals surface area contributed by atoms with Crippen LogP contribution in [0.2, 0.25) is 10.0 Å². The van der Waals surface area contributed by atoms with Gasteiger partial charge in [-0.3, -0.25) is 4.98 Å². The van der Waals surface area contributed by atoms with E-state index in [1.54, 1.807) is 12.1 Å². The maximum absolute atomic E-state index is 6.14. The van der Waals surface area contributed by atoms with E-state index in [1.165, 1.54) is 5.56 Å². The van der Waals surface area contributed by atoms with Crippen molar-refractivity contribution in [2.45, 2.75) is 13.8 Å². The van der Waals surface area contributed by atoms with E-state index in [-0.39, 0.29) is 0 Å². The number of aryl methyl sites for hydroxylation is 2. The molecule has 2 rings (SSSR count). The molecule has 0 saturated carbocycles. The zero-order chi connectivity index (χ0) is 11.7. The number of hydrogen-bond donors (Lipinski definition) is 0. The molecule has 0 N–H and O–H groups in total. The van der Waals surface area contributed by atoms with Crippen LogP contribution in [0.5, 0.6) is 0 Å². The van der Waals surface area contributed by atoms with Gasteiger partial charge < -0.3 is 0 Å². The number of hydrogen-bond acceptors (Lipinski definition) is 1. The van der Waals surface area contributed by atoms with Crippen LogP contribution in [-0.4, -0.2) is 4.98 Å². The van der Waals surface area contributed by atoms with Crippen LogP contribution in [0, 0.1) is 13.8 Å². The lowest BCUT2D eigenvalue weighted by molar-refractivity contribution is 1.18. The Balaban J connectivity index is 2.62. The summed E-state index contributed by atoms with van der Waals surface area (Å²) in [6, 6.07) is 9.44. The maximum atomic E-state index is 6.14. The van der Waals surface area contributed by atoms with Gasteiger partial charge in [0.1, 0.15) is 0 Å². The Bertz CT molecular complexity index is 515. The molecule has 0 fully saturated rings. The first kappa shape index (κ1) is 11.4. The fourth-order valence-corrected chi connectivity index (χ4v) is 2.06. The molecule has 16 heavy (non-hydrogen) atoms. The number of aromatic nitrogens is 1. The highest BCUT2D eigenvalue weighted by Crippen LogP contribution is 2.29. The molecule has 82 valence electrons. The summed E-state index contributed by atoms with van der Waals surface area (Å²) in [7, 11) is 0. The molecular formula is C13H11Cl2N. The first-order valence-electron chi connectivity index (χ1n) is 4.97. The lowest BCUT2D eigenvalue weighted by Crippen LogP contribution is -1.89. The molecule has 0 amide bonds.